The van der Waals surface area contributed by atoms with E-state index in [-0.39, 0.29) is 24.4 Å². The molecular formula is C25H33ClN2O3. The minimum atomic E-state index is -0.0686. The molecule has 2 aliphatic rings. The number of halogens is 1. The van der Waals surface area contributed by atoms with E-state index in [4.69, 9.17) is 9.47 Å². The van der Waals surface area contributed by atoms with E-state index in [0.717, 1.165) is 19.4 Å². The van der Waals surface area contributed by atoms with Gasteiger partial charge in [0.15, 0.2) is 11.5 Å². The Kier molecular flexibility index (Phi) is 8.22. The first kappa shape index (κ1) is 23.4. The molecule has 2 aromatic rings. The molecule has 31 heavy (non-hydrogen) atoms. The number of rotatable bonds is 8. The van der Waals surface area contributed by atoms with Crippen LogP contribution in [-0.2, 0) is 6.54 Å². The molecule has 2 heterocycles. The van der Waals surface area contributed by atoms with Gasteiger partial charge in [-0.2, -0.15) is 0 Å². The van der Waals surface area contributed by atoms with Crippen molar-refractivity contribution in [1.29, 1.82) is 0 Å². The number of hydrogen-bond acceptors (Lipinski definition) is 4. The molecule has 2 bridgehead atoms. The van der Waals surface area contributed by atoms with Gasteiger partial charge in [0, 0.05) is 24.7 Å². The SMILES string of the molecule is CCOc1cccc(C(=O)NC2CC3CCC(C2)N3Cc2ccccc2)c1OCC.Cl. The third-order valence-electron chi connectivity index (χ3n) is 6.24. The summed E-state index contributed by atoms with van der Waals surface area (Å²) < 4.78 is 11.4. The quantitative estimate of drug-likeness (QED) is 0.633. The second kappa shape index (κ2) is 10.9. The van der Waals surface area contributed by atoms with Crippen LogP contribution in [0.2, 0.25) is 0 Å². The molecule has 1 amide bonds. The largest absolute Gasteiger partial charge is 0.490 e. The van der Waals surface area contributed by atoms with E-state index >= 15 is 0 Å². The number of nitrogens with zero attached hydrogens (tertiary/aromatic N) is 1. The minimum absolute atomic E-state index is 0. The van der Waals surface area contributed by atoms with E-state index in [0.29, 0.717) is 42.4 Å². The highest BCUT2D eigenvalue weighted by Crippen LogP contribution is 2.37. The zero-order valence-electron chi connectivity index (χ0n) is 18.4. The Bertz CT molecular complexity index is 847. The average Bonchev–Trinajstić information content (AvgIpc) is 2.98. The van der Waals surface area contributed by atoms with Crippen LogP contribution < -0.4 is 14.8 Å². The van der Waals surface area contributed by atoms with Crippen molar-refractivity contribution in [2.24, 2.45) is 0 Å². The van der Waals surface area contributed by atoms with Crippen molar-refractivity contribution in [1.82, 2.24) is 10.2 Å². The Balaban J connectivity index is 0.00000272. The van der Waals surface area contributed by atoms with E-state index in [1.54, 1.807) is 0 Å². The first-order chi connectivity index (χ1) is 14.7. The molecule has 6 heteroatoms. The lowest BCUT2D eigenvalue weighted by atomic mass is 9.96. The number of para-hydroxylation sites is 1. The van der Waals surface area contributed by atoms with Gasteiger partial charge in [-0.3, -0.25) is 9.69 Å². The van der Waals surface area contributed by atoms with Crippen molar-refractivity contribution >= 4 is 18.3 Å². The van der Waals surface area contributed by atoms with Gasteiger partial charge in [-0.1, -0.05) is 36.4 Å². The van der Waals surface area contributed by atoms with E-state index < -0.39 is 0 Å². The van der Waals surface area contributed by atoms with Gasteiger partial charge in [0.1, 0.15) is 0 Å². The molecule has 5 nitrogen and oxygen atoms in total. The Labute approximate surface area is 191 Å². The van der Waals surface area contributed by atoms with E-state index in [9.17, 15) is 4.79 Å². The maximum Gasteiger partial charge on any atom is 0.255 e. The number of benzene rings is 2. The van der Waals surface area contributed by atoms with Gasteiger partial charge in [0.2, 0.25) is 0 Å². The molecule has 2 aliphatic heterocycles. The Morgan fingerprint density at radius 2 is 1.65 bits per heavy atom. The standard InChI is InChI=1S/C25H32N2O3.ClH/c1-3-29-23-12-8-11-22(24(23)30-4-2)25(28)26-19-15-20-13-14-21(16-19)27(20)17-18-9-6-5-7-10-18;/h5-12,19-21H,3-4,13-17H2,1-2H3,(H,26,28);1H. The molecule has 2 saturated heterocycles. The number of nitrogens with one attached hydrogen (secondary N) is 1. The molecule has 2 atom stereocenters. The van der Waals surface area contributed by atoms with E-state index in [1.165, 1.54) is 18.4 Å². The second-order valence-corrected chi connectivity index (χ2v) is 8.18. The lowest BCUT2D eigenvalue weighted by molar-refractivity contribution is 0.0824. The van der Waals surface area contributed by atoms with Crippen molar-refractivity contribution in [3.8, 4) is 11.5 Å². The van der Waals surface area contributed by atoms with Gasteiger partial charge in [-0.05, 0) is 57.2 Å². The average molecular weight is 445 g/mol. The summed E-state index contributed by atoms with van der Waals surface area (Å²) in [4.78, 5) is 15.7. The number of carbonyl (C=O) groups is 1. The smallest absolute Gasteiger partial charge is 0.255 e. The monoisotopic (exact) mass is 444 g/mol. The van der Waals surface area contributed by atoms with Crippen LogP contribution in [0.5, 0.6) is 11.5 Å². The zero-order chi connectivity index (χ0) is 20.9. The lowest BCUT2D eigenvalue weighted by Crippen LogP contribution is -2.50. The number of amides is 1. The highest BCUT2D eigenvalue weighted by molar-refractivity contribution is 5.98. The van der Waals surface area contributed by atoms with Crippen LogP contribution in [0, 0.1) is 0 Å². The van der Waals surface area contributed by atoms with Crippen LogP contribution in [0.4, 0.5) is 0 Å². The molecule has 2 unspecified atom stereocenters. The summed E-state index contributed by atoms with van der Waals surface area (Å²) in [7, 11) is 0. The van der Waals surface area contributed by atoms with Crippen LogP contribution in [0.15, 0.2) is 48.5 Å². The van der Waals surface area contributed by atoms with Gasteiger partial charge < -0.3 is 14.8 Å². The molecule has 0 saturated carbocycles. The maximum absolute atomic E-state index is 13.1. The molecule has 1 N–H and O–H groups in total. The summed E-state index contributed by atoms with van der Waals surface area (Å²) in [6.45, 7) is 5.88. The first-order valence-corrected chi connectivity index (χ1v) is 11.2. The number of fused-ring (bicyclic) bond motifs is 2. The molecule has 2 fully saturated rings. The highest BCUT2D eigenvalue weighted by atomic mass is 35.5. The molecule has 168 valence electrons. The summed E-state index contributed by atoms with van der Waals surface area (Å²) in [5.74, 6) is 1.11. The van der Waals surface area contributed by atoms with E-state index in [2.05, 4.69) is 40.5 Å². The second-order valence-electron chi connectivity index (χ2n) is 8.18. The third-order valence-corrected chi connectivity index (χ3v) is 6.24. The minimum Gasteiger partial charge on any atom is -0.490 e. The predicted octanol–water partition coefficient (Wildman–Crippen LogP) is 4.83. The van der Waals surface area contributed by atoms with Crippen molar-refractivity contribution in [2.45, 2.75) is 64.2 Å². The lowest BCUT2D eigenvalue weighted by Gasteiger charge is -2.39. The number of ether oxygens (including phenoxy) is 2. The summed E-state index contributed by atoms with van der Waals surface area (Å²) in [6.07, 6.45) is 4.44. The molecule has 0 aromatic heterocycles. The number of piperidine rings is 1. The Morgan fingerprint density at radius 3 is 2.29 bits per heavy atom. The van der Waals surface area contributed by atoms with Crippen molar-refractivity contribution in [2.75, 3.05) is 13.2 Å². The summed E-state index contributed by atoms with van der Waals surface area (Å²) in [6, 6.07) is 17.5. The van der Waals surface area contributed by atoms with Gasteiger partial charge in [-0.15, -0.1) is 12.4 Å². The van der Waals surface area contributed by atoms with Crippen molar-refractivity contribution < 1.29 is 14.3 Å². The fraction of sp³-hybridized carbons (Fsp3) is 0.480. The van der Waals surface area contributed by atoms with Crippen LogP contribution in [0.25, 0.3) is 0 Å². The van der Waals surface area contributed by atoms with Crippen LogP contribution in [-0.4, -0.2) is 42.1 Å². The Hall–Kier alpha value is -2.24. The summed E-state index contributed by atoms with van der Waals surface area (Å²) >= 11 is 0. The first-order valence-electron chi connectivity index (χ1n) is 11.2. The van der Waals surface area contributed by atoms with Crippen molar-refractivity contribution in [3.05, 3.63) is 59.7 Å². The number of hydrogen-bond donors (Lipinski definition) is 1. The topological polar surface area (TPSA) is 50.8 Å². The van der Waals surface area contributed by atoms with Crippen LogP contribution in [0.3, 0.4) is 0 Å². The van der Waals surface area contributed by atoms with Gasteiger partial charge in [0.05, 0.1) is 18.8 Å². The molecule has 0 spiro atoms. The molecule has 0 radical (unpaired) electrons. The van der Waals surface area contributed by atoms with Gasteiger partial charge in [-0.25, -0.2) is 0 Å². The molecule has 0 aliphatic carbocycles. The summed E-state index contributed by atoms with van der Waals surface area (Å²) in [5.41, 5.74) is 1.92. The maximum atomic E-state index is 13.1. The van der Waals surface area contributed by atoms with Crippen molar-refractivity contribution in [3.63, 3.8) is 0 Å². The zero-order valence-corrected chi connectivity index (χ0v) is 19.2. The van der Waals surface area contributed by atoms with Crippen LogP contribution in [0.1, 0.15) is 55.5 Å². The highest BCUT2D eigenvalue weighted by Gasteiger charge is 2.41. The van der Waals surface area contributed by atoms with Gasteiger partial charge in [0.25, 0.3) is 5.91 Å². The van der Waals surface area contributed by atoms with Crippen LogP contribution >= 0.6 is 12.4 Å². The summed E-state index contributed by atoms with van der Waals surface area (Å²) in [5, 5.41) is 3.29. The number of carbonyl (C=O) groups excluding carboxylic acids is 1. The molecule has 4 rings (SSSR count). The predicted molar refractivity (Wildman–Crippen MR) is 125 cm³/mol. The van der Waals surface area contributed by atoms with E-state index in [1.807, 2.05) is 32.0 Å². The Morgan fingerprint density at radius 1 is 0.968 bits per heavy atom. The normalized spacial score (nSPS) is 22.5. The fourth-order valence-electron chi connectivity index (χ4n) is 4.96. The third kappa shape index (κ3) is 5.34. The fourth-order valence-corrected chi connectivity index (χ4v) is 4.96. The molecule has 2 aromatic carbocycles. The molecular weight excluding hydrogens is 412 g/mol. The van der Waals surface area contributed by atoms with Gasteiger partial charge >= 0.3 is 0 Å².